The molecular formula is C21H25N3O3. The number of ether oxygens (including phenoxy) is 1. The molecule has 1 aliphatic rings. The van der Waals surface area contributed by atoms with E-state index in [0.717, 1.165) is 24.5 Å². The van der Waals surface area contributed by atoms with E-state index in [4.69, 9.17) is 4.74 Å². The third-order valence-corrected chi connectivity index (χ3v) is 4.63. The predicted octanol–water partition coefficient (Wildman–Crippen LogP) is 2.97. The predicted molar refractivity (Wildman–Crippen MR) is 104 cm³/mol. The fraction of sp³-hybridized carbons (Fsp3) is 0.381. The van der Waals surface area contributed by atoms with Crippen LogP contribution in [-0.4, -0.2) is 35.9 Å². The fourth-order valence-corrected chi connectivity index (χ4v) is 3.03. The van der Waals surface area contributed by atoms with Crippen molar-refractivity contribution in [2.45, 2.75) is 39.3 Å². The first-order valence-corrected chi connectivity index (χ1v) is 9.28. The third kappa shape index (κ3) is 5.06. The molecule has 27 heavy (non-hydrogen) atoms. The summed E-state index contributed by atoms with van der Waals surface area (Å²) in [5, 5.41) is 2.86. The van der Waals surface area contributed by atoms with Gasteiger partial charge in [-0.25, -0.2) is 4.98 Å². The van der Waals surface area contributed by atoms with Gasteiger partial charge in [0.05, 0.1) is 0 Å². The lowest BCUT2D eigenvalue weighted by Crippen LogP contribution is -2.36. The lowest BCUT2D eigenvalue weighted by molar-refractivity contribution is -0.127. The number of ketones is 1. The molecule has 0 radical (unpaired) electrons. The van der Waals surface area contributed by atoms with E-state index in [1.165, 1.54) is 19.8 Å². The molecule has 1 saturated heterocycles. The van der Waals surface area contributed by atoms with Gasteiger partial charge in [0.2, 0.25) is 0 Å². The van der Waals surface area contributed by atoms with Gasteiger partial charge in [-0.3, -0.25) is 9.59 Å². The Morgan fingerprint density at radius 3 is 2.67 bits per heavy atom. The lowest BCUT2D eigenvalue weighted by Gasteiger charge is -2.17. The SMILES string of the molecule is CC(=O)c1cccc(OC(C)C(=O)NCc2ccc(N3CCCC3)nc2)c1. The van der Waals surface area contributed by atoms with E-state index in [9.17, 15) is 9.59 Å². The number of aromatic nitrogens is 1. The Hall–Kier alpha value is -2.89. The number of pyridine rings is 1. The number of amides is 1. The highest BCUT2D eigenvalue weighted by Gasteiger charge is 2.16. The summed E-state index contributed by atoms with van der Waals surface area (Å²) in [5.74, 6) is 1.24. The highest BCUT2D eigenvalue weighted by molar-refractivity contribution is 5.94. The van der Waals surface area contributed by atoms with E-state index in [1.807, 2.05) is 12.1 Å². The molecule has 0 bridgehead atoms. The van der Waals surface area contributed by atoms with Gasteiger partial charge in [-0.15, -0.1) is 0 Å². The molecule has 0 aliphatic carbocycles. The van der Waals surface area contributed by atoms with Gasteiger partial charge < -0.3 is 15.0 Å². The maximum absolute atomic E-state index is 12.3. The maximum atomic E-state index is 12.3. The molecule has 6 heteroatoms. The minimum absolute atomic E-state index is 0.0394. The first-order valence-electron chi connectivity index (χ1n) is 9.28. The normalized spacial score (nSPS) is 14.7. The summed E-state index contributed by atoms with van der Waals surface area (Å²) < 4.78 is 5.66. The molecule has 142 valence electrons. The van der Waals surface area contributed by atoms with Gasteiger partial charge in [0, 0.05) is 31.4 Å². The molecule has 1 atom stereocenters. The van der Waals surface area contributed by atoms with Crippen LogP contribution in [0.3, 0.4) is 0 Å². The van der Waals surface area contributed by atoms with Crippen LogP contribution in [0.25, 0.3) is 0 Å². The highest BCUT2D eigenvalue weighted by Crippen LogP contribution is 2.18. The van der Waals surface area contributed by atoms with Gasteiger partial charge in [0.25, 0.3) is 5.91 Å². The second kappa shape index (κ2) is 8.66. The van der Waals surface area contributed by atoms with E-state index in [0.29, 0.717) is 17.9 Å². The van der Waals surface area contributed by atoms with Crippen LogP contribution in [0.15, 0.2) is 42.6 Å². The number of rotatable bonds is 7. The van der Waals surface area contributed by atoms with Crippen LogP contribution in [0.1, 0.15) is 42.6 Å². The summed E-state index contributed by atoms with van der Waals surface area (Å²) in [5.41, 5.74) is 1.50. The number of carbonyl (C=O) groups excluding carboxylic acids is 2. The van der Waals surface area contributed by atoms with Gasteiger partial charge in [0.15, 0.2) is 11.9 Å². The molecule has 1 aliphatic heterocycles. The number of hydrogen-bond donors (Lipinski definition) is 1. The number of hydrogen-bond acceptors (Lipinski definition) is 5. The topological polar surface area (TPSA) is 71.5 Å². The van der Waals surface area contributed by atoms with Crippen molar-refractivity contribution in [2.75, 3.05) is 18.0 Å². The first kappa shape index (κ1) is 18.9. The quantitative estimate of drug-likeness (QED) is 0.762. The second-order valence-corrected chi connectivity index (χ2v) is 6.78. The average Bonchev–Trinajstić information content (AvgIpc) is 3.21. The van der Waals surface area contributed by atoms with Crippen molar-refractivity contribution in [3.63, 3.8) is 0 Å². The molecular weight excluding hydrogens is 342 g/mol. The zero-order chi connectivity index (χ0) is 19.2. The number of nitrogens with one attached hydrogen (secondary N) is 1. The minimum Gasteiger partial charge on any atom is -0.481 e. The molecule has 1 unspecified atom stereocenters. The minimum atomic E-state index is -0.663. The lowest BCUT2D eigenvalue weighted by atomic mass is 10.1. The van der Waals surface area contributed by atoms with E-state index in [-0.39, 0.29) is 11.7 Å². The zero-order valence-corrected chi connectivity index (χ0v) is 15.8. The second-order valence-electron chi connectivity index (χ2n) is 6.78. The Morgan fingerprint density at radius 2 is 2.00 bits per heavy atom. The van der Waals surface area contributed by atoms with Gasteiger partial charge in [0.1, 0.15) is 11.6 Å². The van der Waals surface area contributed by atoms with Crippen LogP contribution in [0.4, 0.5) is 5.82 Å². The van der Waals surface area contributed by atoms with Crippen molar-refractivity contribution in [1.29, 1.82) is 0 Å². The largest absolute Gasteiger partial charge is 0.481 e. The smallest absolute Gasteiger partial charge is 0.261 e. The third-order valence-electron chi connectivity index (χ3n) is 4.63. The van der Waals surface area contributed by atoms with Gasteiger partial charge in [-0.1, -0.05) is 18.2 Å². The maximum Gasteiger partial charge on any atom is 0.261 e. The summed E-state index contributed by atoms with van der Waals surface area (Å²) in [4.78, 5) is 30.5. The summed E-state index contributed by atoms with van der Waals surface area (Å²) in [7, 11) is 0. The molecule has 2 aromatic rings. The summed E-state index contributed by atoms with van der Waals surface area (Å²) >= 11 is 0. The van der Waals surface area contributed by atoms with Crippen LogP contribution >= 0.6 is 0 Å². The van der Waals surface area contributed by atoms with Crippen molar-refractivity contribution in [3.05, 3.63) is 53.7 Å². The van der Waals surface area contributed by atoms with Crippen LogP contribution in [0.5, 0.6) is 5.75 Å². The van der Waals surface area contributed by atoms with Crippen molar-refractivity contribution >= 4 is 17.5 Å². The Labute approximate surface area is 159 Å². The van der Waals surface area contributed by atoms with Crippen molar-refractivity contribution in [1.82, 2.24) is 10.3 Å². The summed E-state index contributed by atoms with van der Waals surface area (Å²) in [6.45, 7) is 5.70. The van der Waals surface area contributed by atoms with E-state index in [1.54, 1.807) is 37.4 Å². The van der Waals surface area contributed by atoms with Gasteiger partial charge >= 0.3 is 0 Å². The Bertz CT molecular complexity index is 799. The number of benzene rings is 1. The molecule has 1 N–H and O–H groups in total. The van der Waals surface area contributed by atoms with Crippen LogP contribution in [-0.2, 0) is 11.3 Å². The van der Waals surface area contributed by atoms with Gasteiger partial charge in [-0.2, -0.15) is 0 Å². The first-order chi connectivity index (χ1) is 13.0. The van der Waals surface area contributed by atoms with Crippen LogP contribution in [0, 0.1) is 0 Å². The Balaban J connectivity index is 1.51. The number of carbonyl (C=O) groups is 2. The molecule has 3 rings (SSSR count). The van der Waals surface area contributed by atoms with Gasteiger partial charge in [-0.05, 0) is 50.5 Å². The van der Waals surface area contributed by atoms with Crippen molar-refractivity contribution in [3.8, 4) is 5.75 Å². The van der Waals surface area contributed by atoms with E-state index < -0.39 is 6.10 Å². The number of Topliss-reactive ketones (excluding diaryl/α,β-unsaturated/α-hetero) is 1. The Kier molecular flexibility index (Phi) is 6.06. The molecule has 0 saturated carbocycles. The molecule has 6 nitrogen and oxygen atoms in total. The monoisotopic (exact) mass is 367 g/mol. The molecule has 1 amide bonds. The van der Waals surface area contributed by atoms with E-state index in [2.05, 4.69) is 15.2 Å². The van der Waals surface area contributed by atoms with Crippen LogP contribution < -0.4 is 15.0 Å². The molecule has 1 fully saturated rings. The Morgan fingerprint density at radius 1 is 1.22 bits per heavy atom. The van der Waals surface area contributed by atoms with Crippen molar-refractivity contribution in [2.24, 2.45) is 0 Å². The average molecular weight is 367 g/mol. The molecule has 2 heterocycles. The zero-order valence-electron chi connectivity index (χ0n) is 15.8. The van der Waals surface area contributed by atoms with Crippen LogP contribution in [0.2, 0.25) is 0 Å². The molecule has 1 aromatic carbocycles. The van der Waals surface area contributed by atoms with Crippen molar-refractivity contribution < 1.29 is 14.3 Å². The summed E-state index contributed by atoms with van der Waals surface area (Å²) in [6, 6.07) is 10.8. The standard InChI is InChI=1S/C21H25N3O3/c1-15(25)18-6-5-7-19(12-18)27-16(2)21(26)23-14-17-8-9-20(22-13-17)24-10-3-4-11-24/h5-9,12-13,16H,3-4,10-11,14H2,1-2H3,(H,23,26). The molecule has 1 aromatic heterocycles. The molecule has 0 spiro atoms. The fourth-order valence-electron chi connectivity index (χ4n) is 3.03. The number of anilines is 1. The number of nitrogens with zero attached hydrogens (tertiary/aromatic N) is 2. The summed E-state index contributed by atoms with van der Waals surface area (Å²) in [6.07, 6.45) is 3.57. The highest BCUT2D eigenvalue weighted by atomic mass is 16.5. The van der Waals surface area contributed by atoms with E-state index >= 15 is 0 Å².